The van der Waals surface area contributed by atoms with Gasteiger partial charge in [0, 0.05) is 18.7 Å². The Morgan fingerprint density at radius 3 is 2.38 bits per heavy atom. The number of carbonyl (C=O) groups excluding carboxylic acids is 1. The lowest BCUT2D eigenvalue weighted by molar-refractivity contribution is 0.102. The molecule has 0 spiro atoms. The highest BCUT2D eigenvalue weighted by atomic mass is 32.2. The predicted octanol–water partition coefficient (Wildman–Crippen LogP) is 4.15. The minimum atomic E-state index is -3.62. The molecular weight excluding hydrogens is 432 g/mol. The Balaban J connectivity index is 1.45. The van der Waals surface area contributed by atoms with Crippen molar-refractivity contribution in [3.63, 3.8) is 0 Å². The Morgan fingerprint density at radius 1 is 1.06 bits per heavy atom. The molecule has 3 aromatic rings. The van der Waals surface area contributed by atoms with Crippen LogP contribution in [0.1, 0.15) is 54.0 Å². The first-order valence-electron chi connectivity index (χ1n) is 10.6. The number of anilines is 1. The van der Waals surface area contributed by atoms with Crippen molar-refractivity contribution in [1.82, 2.24) is 14.5 Å². The van der Waals surface area contributed by atoms with Crippen LogP contribution in [0.2, 0.25) is 0 Å². The zero-order chi connectivity index (χ0) is 22.9. The fraction of sp³-hybridized carbons (Fsp3) is 0.409. The quantitative estimate of drug-likeness (QED) is 0.589. The van der Waals surface area contributed by atoms with Gasteiger partial charge < -0.3 is 8.83 Å². The second-order valence-corrected chi connectivity index (χ2v) is 10.0. The normalized spacial score (nSPS) is 15.2. The van der Waals surface area contributed by atoms with Crippen LogP contribution in [0.3, 0.4) is 0 Å². The number of aromatic nitrogens is 2. The number of benzene rings is 1. The van der Waals surface area contributed by atoms with E-state index in [1.165, 1.54) is 28.6 Å². The van der Waals surface area contributed by atoms with Crippen LogP contribution in [0.5, 0.6) is 0 Å². The van der Waals surface area contributed by atoms with Gasteiger partial charge in [-0.3, -0.25) is 10.1 Å². The van der Waals surface area contributed by atoms with E-state index in [1.807, 2.05) is 6.92 Å². The minimum absolute atomic E-state index is 0.0195. The molecule has 1 aliphatic carbocycles. The maximum Gasteiger partial charge on any atom is 0.322 e. The Bertz CT molecular complexity index is 1210. The summed E-state index contributed by atoms with van der Waals surface area (Å²) in [5.41, 5.74) is 0.937. The first-order valence-corrected chi connectivity index (χ1v) is 12.0. The Hall–Kier alpha value is -2.98. The topological polar surface area (TPSA) is 119 Å². The predicted molar refractivity (Wildman–Crippen MR) is 118 cm³/mol. The van der Waals surface area contributed by atoms with Gasteiger partial charge in [-0.2, -0.15) is 4.31 Å². The maximum atomic E-state index is 13.0. The molecule has 2 aromatic heterocycles. The van der Waals surface area contributed by atoms with E-state index >= 15 is 0 Å². The number of aryl methyl sites for hydroxylation is 2. The highest BCUT2D eigenvalue weighted by Crippen LogP contribution is 2.28. The third-order valence-corrected chi connectivity index (χ3v) is 7.72. The zero-order valence-electron chi connectivity index (χ0n) is 18.3. The minimum Gasteiger partial charge on any atom is -0.466 e. The van der Waals surface area contributed by atoms with E-state index in [4.69, 9.17) is 8.83 Å². The van der Waals surface area contributed by atoms with Crippen LogP contribution in [0.25, 0.3) is 11.5 Å². The molecule has 1 amide bonds. The van der Waals surface area contributed by atoms with Crippen LogP contribution in [0.4, 0.5) is 6.01 Å². The van der Waals surface area contributed by atoms with Crippen LogP contribution in [0, 0.1) is 13.8 Å². The number of nitrogens with one attached hydrogen (secondary N) is 1. The van der Waals surface area contributed by atoms with E-state index in [2.05, 4.69) is 15.5 Å². The van der Waals surface area contributed by atoms with Gasteiger partial charge in [0.2, 0.25) is 10.0 Å². The summed E-state index contributed by atoms with van der Waals surface area (Å²) in [7, 11) is -1.99. The number of hydrogen-bond acceptors (Lipinski definition) is 7. The standard InChI is InChI=1S/C22H26N4O5S/c1-14-13-19(15(2)30-14)21-24-25-22(31-21)23-20(27)16-9-11-18(12-10-16)32(28,29)26(3)17-7-5-4-6-8-17/h9-13,17H,4-8H2,1-3H3,(H,23,25,27). The molecule has 0 bridgehead atoms. The van der Waals surface area contributed by atoms with E-state index in [0.29, 0.717) is 17.1 Å². The van der Waals surface area contributed by atoms with E-state index in [1.54, 1.807) is 20.0 Å². The second-order valence-electron chi connectivity index (χ2n) is 8.03. The molecular formula is C22H26N4O5S. The lowest BCUT2D eigenvalue weighted by Gasteiger charge is -2.30. The van der Waals surface area contributed by atoms with Crippen molar-refractivity contribution >= 4 is 21.9 Å². The average Bonchev–Trinajstić information content (AvgIpc) is 3.39. The van der Waals surface area contributed by atoms with Crippen molar-refractivity contribution in [3.8, 4) is 11.5 Å². The van der Waals surface area contributed by atoms with Gasteiger partial charge in [-0.25, -0.2) is 8.42 Å². The second kappa shape index (κ2) is 8.87. The molecule has 10 heteroatoms. The number of rotatable bonds is 6. The first kappa shape index (κ1) is 22.2. The Kier molecular flexibility index (Phi) is 6.16. The van der Waals surface area contributed by atoms with Crippen LogP contribution in [0.15, 0.2) is 44.1 Å². The SMILES string of the molecule is Cc1cc(-c2nnc(NC(=O)c3ccc(S(=O)(=O)N(C)C4CCCCC4)cc3)o2)c(C)o1. The van der Waals surface area contributed by atoms with Crippen molar-refractivity contribution in [2.24, 2.45) is 0 Å². The number of sulfonamides is 1. The maximum absolute atomic E-state index is 13.0. The molecule has 0 unspecified atom stereocenters. The highest BCUT2D eigenvalue weighted by molar-refractivity contribution is 7.89. The third-order valence-electron chi connectivity index (χ3n) is 5.80. The van der Waals surface area contributed by atoms with Crippen molar-refractivity contribution in [1.29, 1.82) is 0 Å². The molecule has 1 saturated carbocycles. The number of hydrogen-bond donors (Lipinski definition) is 1. The van der Waals surface area contributed by atoms with Gasteiger partial charge in [0.15, 0.2) is 0 Å². The first-order chi connectivity index (χ1) is 15.3. The zero-order valence-corrected chi connectivity index (χ0v) is 19.1. The fourth-order valence-corrected chi connectivity index (χ4v) is 5.40. The van der Waals surface area contributed by atoms with E-state index in [0.717, 1.165) is 32.1 Å². The van der Waals surface area contributed by atoms with Gasteiger partial charge in [0.25, 0.3) is 11.8 Å². The average molecular weight is 459 g/mol. The Morgan fingerprint density at radius 2 is 1.75 bits per heavy atom. The highest BCUT2D eigenvalue weighted by Gasteiger charge is 2.29. The molecule has 2 heterocycles. The van der Waals surface area contributed by atoms with E-state index in [-0.39, 0.29) is 28.4 Å². The van der Waals surface area contributed by atoms with Crippen LogP contribution < -0.4 is 5.32 Å². The summed E-state index contributed by atoms with van der Waals surface area (Å²) in [6.45, 7) is 3.60. The molecule has 1 fully saturated rings. The smallest absolute Gasteiger partial charge is 0.322 e. The van der Waals surface area contributed by atoms with Crippen molar-refractivity contribution < 1.29 is 22.0 Å². The van der Waals surface area contributed by atoms with Gasteiger partial charge in [-0.1, -0.05) is 24.4 Å². The van der Waals surface area contributed by atoms with Crippen LogP contribution >= 0.6 is 0 Å². The number of carbonyl (C=O) groups is 1. The largest absolute Gasteiger partial charge is 0.466 e. The van der Waals surface area contributed by atoms with Crippen LogP contribution in [-0.4, -0.2) is 41.9 Å². The van der Waals surface area contributed by atoms with Crippen LogP contribution in [-0.2, 0) is 10.0 Å². The molecule has 32 heavy (non-hydrogen) atoms. The molecule has 0 atom stereocenters. The molecule has 4 rings (SSSR count). The van der Waals surface area contributed by atoms with Crippen molar-refractivity contribution in [3.05, 3.63) is 47.4 Å². The monoisotopic (exact) mass is 458 g/mol. The summed E-state index contributed by atoms with van der Waals surface area (Å²) < 4.78 is 38.3. The van der Waals surface area contributed by atoms with Crippen molar-refractivity contribution in [2.45, 2.75) is 56.9 Å². The number of amides is 1. The molecule has 9 nitrogen and oxygen atoms in total. The Labute approximate surface area is 186 Å². The van der Waals surface area contributed by atoms with E-state index in [9.17, 15) is 13.2 Å². The summed E-state index contributed by atoms with van der Waals surface area (Å²) in [5, 5.41) is 10.3. The molecule has 1 N–H and O–H groups in total. The molecule has 1 aliphatic rings. The van der Waals surface area contributed by atoms with Gasteiger partial charge in [-0.15, -0.1) is 5.10 Å². The third kappa shape index (κ3) is 4.46. The van der Waals surface area contributed by atoms with Gasteiger partial charge in [0.05, 0.1) is 10.5 Å². The summed E-state index contributed by atoms with van der Waals surface area (Å²) in [4.78, 5) is 12.7. The fourth-order valence-electron chi connectivity index (χ4n) is 3.98. The lowest BCUT2D eigenvalue weighted by Crippen LogP contribution is -2.38. The summed E-state index contributed by atoms with van der Waals surface area (Å²) in [6.07, 6.45) is 4.99. The lowest BCUT2D eigenvalue weighted by atomic mass is 9.96. The summed E-state index contributed by atoms with van der Waals surface area (Å²) >= 11 is 0. The number of nitrogens with zero attached hydrogens (tertiary/aromatic N) is 3. The van der Waals surface area contributed by atoms with E-state index < -0.39 is 15.9 Å². The molecule has 170 valence electrons. The molecule has 0 radical (unpaired) electrons. The van der Waals surface area contributed by atoms with Gasteiger partial charge in [0.1, 0.15) is 11.5 Å². The summed E-state index contributed by atoms with van der Waals surface area (Å²) in [5.74, 6) is 1.11. The molecule has 1 aromatic carbocycles. The number of furan rings is 1. The van der Waals surface area contributed by atoms with Gasteiger partial charge >= 0.3 is 6.01 Å². The molecule has 0 saturated heterocycles. The summed E-state index contributed by atoms with van der Waals surface area (Å²) in [6, 6.07) is 7.57. The van der Waals surface area contributed by atoms with Crippen molar-refractivity contribution in [2.75, 3.05) is 12.4 Å². The van der Waals surface area contributed by atoms with Gasteiger partial charge in [-0.05, 0) is 57.0 Å². The molecule has 0 aliphatic heterocycles.